The highest BCUT2D eigenvalue weighted by Crippen LogP contribution is 2.34. The summed E-state index contributed by atoms with van der Waals surface area (Å²) in [5, 5.41) is 0.511. The molecule has 0 bridgehead atoms. The maximum atomic E-state index is 11.9. The summed E-state index contributed by atoms with van der Waals surface area (Å²) in [5.74, 6) is 0.966. The van der Waals surface area contributed by atoms with Gasteiger partial charge >= 0.3 is 0 Å². The van der Waals surface area contributed by atoms with Crippen LogP contribution in [-0.4, -0.2) is 39.7 Å². The van der Waals surface area contributed by atoms with E-state index in [0.29, 0.717) is 23.2 Å². The SMILES string of the molecule is O=C(CCl)N1CCCC(c2nccnc2Oc2ccccc2Cl)C1. The van der Waals surface area contributed by atoms with E-state index in [2.05, 4.69) is 9.97 Å². The van der Waals surface area contributed by atoms with Crippen LogP contribution in [0.15, 0.2) is 36.7 Å². The van der Waals surface area contributed by atoms with Gasteiger partial charge in [-0.25, -0.2) is 4.98 Å². The Balaban J connectivity index is 1.84. The maximum Gasteiger partial charge on any atom is 0.241 e. The molecule has 1 saturated heterocycles. The number of amides is 1. The van der Waals surface area contributed by atoms with E-state index < -0.39 is 0 Å². The normalized spacial score (nSPS) is 17.6. The topological polar surface area (TPSA) is 55.3 Å². The number of halogens is 2. The van der Waals surface area contributed by atoms with Crippen LogP contribution in [0.25, 0.3) is 0 Å². The van der Waals surface area contributed by atoms with Crippen molar-refractivity contribution in [3.8, 4) is 11.6 Å². The van der Waals surface area contributed by atoms with Gasteiger partial charge in [0, 0.05) is 31.4 Å². The van der Waals surface area contributed by atoms with Gasteiger partial charge in [0.25, 0.3) is 0 Å². The predicted molar refractivity (Wildman–Crippen MR) is 92.8 cm³/mol. The molecule has 0 spiro atoms. The first-order valence-corrected chi connectivity index (χ1v) is 8.67. The number of nitrogens with zero attached hydrogens (tertiary/aromatic N) is 3. The zero-order valence-corrected chi connectivity index (χ0v) is 14.5. The number of aromatic nitrogens is 2. The number of alkyl halides is 1. The van der Waals surface area contributed by atoms with E-state index in [1.165, 1.54) is 0 Å². The fourth-order valence-electron chi connectivity index (χ4n) is 2.84. The van der Waals surface area contributed by atoms with E-state index in [1.54, 1.807) is 29.4 Å². The second kappa shape index (κ2) is 7.81. The number of piperidine rings is 1. The van der Waals surface area contributed by atoms with Crippen LogP contribution >= 0.6 is 23.2 Å². The van der Waals surface area contributed by atoms with Crippen LogP contribution in [0.5, 0.6) is 11.6 Å². The van der Waals surface area contributed by atoms with Crippen molar-refractivity contribution in [3.63, 3.8) is 0 Å². The van der Waals surface area contributed by atoms with Gasteiger partial charge in [0.15, 0.2) is 0 Å². The Morgan fingerprint density at radius 1 is 1.29 bits per heavy atom. The average molecular weight is 366 g/mol. The lowest BCUT2D eigenvalue weighted by Crippen LogP contribution is -2.40. The van der Waals surface area contributed by atoms with Crippen molar-refractivity contribution < 1.29 is 9.53 Å². The summed E-state index contributed by atoms with van der Waals surface area (Å²) in [6, 6.07) is 7.22. The third-order valence-electron chi connectivity index (χ3n) is 4.01. The first-order chi connectivity index (χ1) is 11.7. The number of hydrogen-bond acceptors (Lipinski definition) is 4. The maximum absolute atomic E-state index is 11.9. The molecular formula is C17H17Cl2N3O2. The molecule has 1 aliphatic heterocycles. The molecule has 3 rings (SSSR count). The smallest absolute Gasteiger partial charge is 0.241 e. The Kier molecular flexibility index (Phi) is 5.53. The Morgan fingerprint density at radius 2 is 2.08 bits per heavy atom. The first-order valence-electron chi connectivity index (χ1n) is 7.76. The Morgan fingerprint density at radius 3 is 2.88 bits per heavy atom. The van der Waals surface area contributed by atoms with Gasteiger partial charge in [-0.05, 0) is 25.0 Å². The minimum atomic E-state index is -0.0566. The molecule has 0 saturated carbocycles. The lowest BCUT2D eigenvalue weighted by atomic mass is 9.94. The average Bonchev–Trinajstić information content (AvgIpc) is 2.63. The van der Waals surface area contributed by atoms with Crippen LogP contribution in [0.4, 0.5) is 0 Å². The van der Waals surface area contributed by atoms with Crippen molar-refractivity contribution in [3.05, 3.63) is 47.4 Å². The molecule has 0 aliphatic carbocycles. The third kappa shape index (κ3) is 3.79. The molecule has 7 heteroatoms. The van der Waals surface area contributed by atoms with Crippen LogP contribution in [0.3, 0.4) is 0 Å². The summed E-state index contributed by atoms with van der Waals surface area (Å²) in [5.41, 5.74) is 0.740. The van der Waals surface area contributed by atoms with Crippen molar-refractivity contribution >= 4 is 29.1 Å². The Labute approximate surface area is 150 Å². The molecule has 2 heterocycles. The van der Waals surface area contributed by atoms with E-state index in [0.717, 1.165) is 25.1 Å². The van der Waals surface area contributed by atoms with E-state index in [9.17, 15) is 4.79 Å². The molecule has 1 amide bonds. The Hall–Kier alpha value is -1.85. The van der Waals surface area contributed by atoms with Gasteiger partial charge in [-0.15, -0.1) is 11.6 Å². The second-order valence-electron chi connectivity index (χ2n) is 5.59. The zero-order valence-electron chi connectivity index (χ0n) is 13.0. The largest absolute Gasteiger partial charge is 0.436 e. The molecule has 0 N–H and O–H groups in total. The molecule has 1 unspecified atom stereocenters. The van der Waals surface area contributed by atoms with Crippen LogP contribution in [-0.2, 0) is 4.79 Å². The molecule has 1 aromatic carbocycles. The highest BCUT2D eigenvalue weighted by Gasteiger charge is 2.28. The van der Waals surface area contributed by atoms with Crippen LogP contribution in [0.1, 0.15) is 24.5 Å². The molecule has 2 aromatic rings. The van der Waals surface area contributed by atoms with Gasteiger partial charge in [0.1, 0.15) is 17.3 Å². The first kappa shape index (κ1) is 17.0. The monoisotopic (exact) mass is 365 g/mol. The fraction of sp³-hybridized carbons (Fsp3) is 0.353. The van der Waals surface area contributed by atoms with Gasteiger partial charge in [-0.3, -0.25) is 9.78 Å². The van der Waals surface area contributed by atoms with E-state index in [1.807, 2.05) is 12.1 Å². The van der Waals surface area contributed by atoms with Gasteiger partial charge in [0.05, 0.1) is 5.02 Å². The van der Waals surface area contributed by atoms with E-state index in [-0.39, 0.29) is 17.7 Å². The summed E-state index contributed by atoms with van der Waals surface area (Å²) in [4.78, 5) is 22.4. The Bertz CT molecular complexity index is 726. The number of likely N-dealkylation sites (tertiary alicyclic amines) is 1. The molecule has 1 aromatic heterocycles. The van der Waals surface area contributed by atoms with E-state index in [4.69, 9.17) is 27.9 Å². The summed E-state index contributed by atoms with van der Waals surface area (Å²) in [7, 11) is 0. The van der Waals surface area contributed by atoms with Gasteiger partial charge in [0.2, 0.25) is 11.8 Å². The lowest BCUT2D eigenvalue weighted by Gasteiger charge is -2.32. The summed E-state index contributed by atoms with van der Waals surface area (Å²) < 4.78 is 5.88. The molecule has 1 fully saturated rings. The summed E-state index contributed by atoms with van der Waals surface area (Å²) >= 11 is 11.8. The van der Waals surface area contributed by atoms with Crippen LogP contribution in [0.2, 0.25) is 5.02 Å². The van der Waals surface area contributed by atoms with Gasteiger partial charge in [-0.2, -0.15) is 0 Å². The van der Waals surface area contributed by atoms with Crippen molar-refractivity contribution in [1.82, 2.24) is 14.9 Å². The highest BCUT2D eigenvalue weighted by molar-refractivity contribution is 6.32. The van der Waals surface area contributed by atoms with E-state index >= 15 is 0 Å². The van der Waals surface area contributed by atoms with Crippen LogP contribution < -0.4 is 4.74 Å². The molecule has 1 atom stereocenters. The minimum absolute atomic E-state index is 0.00380. The molecule has 5 nitrogen and oxygen atoms in total. The number of benzene rings is 1. The van der Waals surface area contributed by atoms with Crippen LogP contribution in [0, 0.1) is 0 Å². The quantitative estimate of drug-likeness (QED) is 0.771. The number of carbonyl (C=O) groups is 1. The number of rotatable bonds is 4. The summed E-state index contributed by atoms with van der Waals surface area (Å²) in [6.45, 7) is 1.30. The third-order valence-corrected chi connectivity index (χ3v) is 4.55. The number of hydrogen-bond donors (Lipinski definition) is 0. The number of ether oxygens (including phenoxy) is 1. The second-order valence-corrected chi connectivity index (χ2v) is 6.27. The fourth-order valence-corrected chi connectivity index (χ4v) is 3.18. The minimum Gasteiger partial charge on any atom is -0.436 e. The van der Waals surface area contributed by atoms with Crippen molar-refractivity contribution in [2.75, 3.05) is 19.0 Å². The van der Waals surface area contributed by atoms with Gasteiger partial charge in [-0.1, -0.05) is 23.7 Å². The van der Waals surface area contributed by atoms with Crippen molar-refractivity contribution in [1.29, 1.82) is 0 Å². The molecule has 1 aliphatic rings. The zero-order chi connectivity index (χ0) is 16.9. The van der Waals surface area contributed by atoms with Gasteiger partial charge < -0.3 is 9.64 Å². The molecular weight excluding hydrogens is 349 g/mol. The molecule has 0 radical (unpaired) electrons. The highest BCUT2D eigenvalue weighted by atomic mass is 35.5. The van der Waals surface area contributed by atoms with Crippen molar-refractivity contribution in [2.24, 2.45) is 0 Å². The molecule has 126 valence electrons. The lowest BCUT2D eigenvalue weighted by molar-refractivity contribution is -0.129. The standard InChI is InChI=1S/C17H17Cl2N3O2/c18-10-15(23)22-9-3-4-12(11-22)16-17(21-8-7-20-16)24-14-6-2-1-5-13(14)19/h1-2,5-8,12H,3-4,9-11H2. The number of para-hydroxylation sites is 1. The predicted octanol–water partition coefficient (Wildman–Crippen LogP) is 3.87. The van der Waals surface area contributed by atoms with Crippen molar-refractivity contribution in [2.45, 2.75) is 18.8 Å². The molecule has 24 heavy (non-hydrogen) atoms. The summed E-state index contributed by atoms with van der Waals surface area (Å²) in [6.07, 6.45) is 5.04. The number of carbonyl (C=O) groups excluding carboxylic acids is 1.